The Bertz CT molecular complexity index is 267. The van der Waals surface area contributed by atoms with Crippen LogP contribution in [0.5, 0.6) is 0 Å². The number of rotatable bonds is 2. The number of carbonyl (C=O) groups is 1. The second-order valence-electron chi connectivity index (χ2n) is 2.37. The fraction of sp³-hybridized carbons (Fsp3) is 0.286. The number of halogens is 1. The minimum absolute atomic E-state index is 0.460. The van der Waals surface area contributed by atoms with Crippen molar-refractivity contribution in [3.63, 3.8) is 0 Å². The van der Waals surface area contributed by atoms with E-state index < -0.39 is 5.60 Å². The number of hydrogen-bond donors (Lipinski definition) is 1. The van der Waals surface area contributed by atoms with E-state index in [-0.39, 0.29) is 0 Å². The molecule has 0 saturated heterocycles. The van der Waals surface area contributed by atoms with E-state index in [2.05, 4.69) is 0 Å². The lowest BCUT2D eigenvalue weighted by Crippen LogP contribution is -2.22. The van der Waals surface area contributed by atoms with Crippen LogP contribution in [0.25, 0.3) is 0 Å². The molecular formula is C7H7ClO2S. The smallest absolute Gasteiger partial charge is 0.155 e. The highest BCUT2D eigenvalue weighted by Gasteiger charge is 2.25. The second kappa shape index (κ2) is 2.93. The summed E-state index contributed by atoms with van der Waals surface area (Å²) in [5.74, 6) is 0. The third kappa shape index (κ3) is 1.61. The van der Waals surface area contributed by atoms with Crippen LogP contribution >= 0.6 is 22.9 Å². The Hall–Kier alpha value is -0.380. The highest BCUT2D eigenvalue weighted by atomic mass is 35.5. The summed E-state index contributed by atoms with van der Waals surface area (Å²) in [6, 6.07) is 1.64. The molecule has 1 N–H and O–H groups in total. The zero-order chi connectivity index (χ0) is 8.48. The zero-order valence-corrected chi connectivity index (χ0v) is 7.45. The van der Waals surface area contributed by atoms with Gasteiger partial charge in [-0.25, -0.2) is 0 Å². The Balaban J connectivity index is 3.10. The summed E-state index contributed by atoms with van der Waals surface area (Å²) in [6.07, 6.45) is 0.473. The topological polar surface area (TPSA) is 37.3 Å². The first kappa shape index (κ1) is 8.71. The number of aldehydes is 1. The molecule has 0 radical (unpaired) electrons. The second-order valence-corrected chi connectivity index (χ2v) is 3.89. The lowest BCUT2D eigenvalue weighted by atomic mass is 10.0. The molecule has 60 valence electrons. The maximum Gasteiger partial charge on any atom is 0.155 e. The van der Waals surface area contributed by atoms with Gasteiger partial charge in [0.2, 0.25) is 0 Å². The molecule has 0 bridgehead atoms. The number of hydrogen-bond acceptors (Lipinski definition) is 3. The van der Waals surface area contributed by atoms with Crippen molar-refractivity contribution in [2.45, 2.75) is 12.5 Å². The van der Waals surface area contributed by atoms with Crippen molar-refractivity contribution < 1.29 is 9.90 Å². The summed E-state index contributed by atoms with van der Waals surface area (Å²) >= 11 is 7.00. The summed E-state index contributed by atoms with van der Waals surface area (Å²) < 4.78 is 0.460. The molecule has 1 aromatic rings. The standard InChI is InChI=1S/C7H7ClO2S/c1-7(10,4-9)5-2-3-11-6(5)8/h2-4,10H,1H3. The molecular weight excluding hydrogens is 184 g/mol. The van der Waals surface area contributed by atoms with Gasteiger partial charge in [-0.15, -0.1) is 11.3 Å². The van der Waals surface area contributed by atoms with Gasteiger partial charge in [0, 0.05) is 5.56 Å². The van der Waals surface area contributed by atoms with E-state index in [1.54, 1.807) is 11.4 Å². The fourth-order valence-corrected chi connectivity index (χ4v) is 1.86. The summed E-state index contributed by atoms with van der Waals surface area (Å²) in [6.45, 7) is 1.41. The Morgan fingerprint density at radius 2 is 2.45 bits per heavy atom. The quantitative estimate of drug-likeness (QED) is 0.723. The first-order valence-electron chi connectivity index (χ1n) is 3.00. The minimum atomic E-state index is -1.45. The Morgan fingerprint density at radius 3 is 2.82 bits per heavy atom. The average Bonchev–Trinajstić information content (AvgIpc) is 2.36. The van der Waals surface area contributed by atoms with Gasteiger partial charge in [-0.1, -0.05) is 11.6 Å². The highest BCUT2D eigenvalue weighted by molar-refractivity contribution is 7.14. The minimum Gasteiger partial charge on any atom is -0.378 e. The molecule has 0 aliphatic heterocycles. The highest BCUT2D eigenvalue weighted by Crippen LogP contribution is 2.30. The SMILES string of the molecule is CC(O)(C=O)c1ccsc1Cl. The van der Waals surface area contributed by atoms with Crippen LogP contribution in [0.15, 0.2) is 11.4 Å². The molecule has 1 atom stereocenters. The predicted molar refractivity (Wildman–Crippen MR) is 45.0 cm³/mol. The van der Waals surface area contributed by atoms with Gasteiger partial charge in [0.1, 0.15) is 5.60 Å². The monoisotopic (exact) mass is 190 g/mol. The van der Waals surface area contributed by atoms with E-state index in [9.17, 15) is 9.90 Å². The molecule has 0 aliphatic rings. The van der Waals surface area contributed by atoms with E-state index in [0.29, 0.717) is 16.2 Å². The van der Waals surface area contributed by atoms with Crippen LogP contribution < -0.4 is 0 Å². The van der Waals surface area contributed by atoms with Crippen LogP contribution in [0, 0.1) is 0 Å². The maximum absolute atomic E-state index is 10.4. The van der Waals surface area contributed by atoms with E-state index in [0.717, 1.165) is 0 Å². The number of thiophene rings is 1. The summed E-state index contributed by atoms with van der Waals surface area (Å²) in [5.41, 5.74) is -0.976. The van der Waals surface area contributed by atoms with Crippen molar-refractivity contribution in [1.29, 1.82) is 0 Å². The van der Waals surface area contributed by atoms with Gasteiger partial charge in [0.25, 0.3) is 0 Å². The van der Waals surface area contributed by atoms with Gasteiger partial charge in [0.15, 0.2) is 6.29 Å². The van der Waals surface area contributed by atoms with Crippen LogP contribution in [0.3, 0.4) is 0 Å². The van der Waals surface area contributed by atoms with Gasteiger partial charge in [-0.3, -0.25) is 4.79 Å². The molecule has 4 heteroatoms. The Morgan fingerprint density at radius 1 is 1.82 bits per heavy atom. The van der Waals surface area contributed by atoms with Crippen molar-refractivity contribution >= 4 is 29.2 Å². The molecule has 2 nitrogen and oxygen atoms in total. The number of aliphatic hydroxyl groups is 1. The lowest BCUT2D eigenvalue weighted by molar-refractivity contribution is -0.123. The zero-order valence-electron chi connectivity index (χ0n) is 5.87. The van der Waals surface area contributed by atoms with E-state index in [1.165, 1.54) is 18.3 Å². The van der Waals surface area contributed by atoms with Gasteiger partial charge >= 0.3 is 0 Å². The number of carbonyl (C=O) groups excluding carboxylic acids is 1. The first-order valence-corrected chi connectivity index (χ1v) is 4.26. The largest absolute Gasteiger partial charge is 0.378 e. The molecule has 0 saturated carbocycles. The van der Waals surface area contributed by atoms with E-state index in [1.807, 2.05) is 0 Å². The van der Waals surface area contributed by atoms with Gasteiger partial charge < -0.3 is 5.11 Å². The van der Waals surface area contributed by atoms with Crippen LogP contribution in [0.1, 0.15) is 12.5 Å². The van der Waals surface area contributed by atoms with Crippen molar-refractivity contribution in [2.75, 3.05) is 0 Å². The van der Waals surface area contributed by atoms with Crippen molar-refractivity contribution in [3.8, 4) is 0 Å². The molecule has 0 spiro atoms. The van der Waals surface area contributed by atoms with Crippen molar-refractivity contribution in [3.05, 3.63) is 21.3 Å². The summed E-state index contributed by atoms with van der Waals surface area (Å²) in [5, 5.41) is 11.2. The Kier molecular flexibility index (Phi) is 2.32. The molecule has 0 aromatic carbocycles. The van der Waals surface area contributed by atoms with Crippen molar-refractivity contribution in [2.24, 2.45) is 0 Å². The molecule has 0 fully saturated rings. The molecule has 1 aromatic heterocycles. The van der Waals surface area contributed by atoms with Crippen molar-refractivity contribution in [1.82, 2.24) is 0 Å². The van der Waals surface area contributed by atoms with Crippen LogP contribution in [-0.2, 0) is 10.4 Å². The lowest BCUT2D eigenvalue weighted by Gasteiger charge is -2.13. The first-order chi connectivity index (χ1) is 5.08. The fourth-order valence-electron chi connectivity index (χ4n) is 0.722. The van der Waals surface area contributed by atoms with E-state index >= 15 is 0 Å². The van der Waals surface area contributed by atoms with Gasteiger partial charge in [-0.2, -0.15) is 0 Å². The predicted octanol–water partition coefficient (Wildman–Crippen LogP) is 1.81. The Labute approximate surface area is 73.4 Å². The van der Waals surface area contributed by atoms with Gasteiger partial charge in [-0.05, 0) is 18.4 Å². The molecule has 1 rings (SSSR count). The third-order valence-electron chi connectivity index (χ3n) is 1.39. The summed E-state index contributed by atoms with van der Waals surface area (Å²) in [4.78, 5) is 10.4. The third-order valence-corrected chi connectivity index (χ3v) is 2.56. The van der Waals surface area contributed by atoms with E-state index in [4.69, 9.17) is 11.6 Å². The molecule has 1 unspecified atom stereocenters. The molecule has 1 heterocycles. The summed E-state index contributed by atoms with van der Waals surface area (Å²) in [7, 11) is 0. The van der Waals surface area contributed by atoms with Crippen LogP contribution in [0.2, 0.25) is 4.34 Å². The molecule has 0 amide bonds. The molecule has 0 aliphatic carbocycles. The van der Waals surface area contributed by atoms with Crippen LogP contribution in [0.4, 0.5) is 0 Å². The molecule has 11 heavy (non-hydrogen) atoms. The normalized spacial score (nSPS) is 15.9. The maximum atomic E-state index is 10.4. The average molecular weight is 191 g/mol. The van der Waals surface area contributed by atoms with Gasteiger partial charge in [0.05, 0.1) is 4.34 Å². The van der Waals surface area contributed by atoms with Crippen LogP contribution in [-0.4, -0.2) is 11.4 Å².